The molecule has 0 aliphatic rings. The minimum absolute atomic E-state index is 0.240. The van der Waals surface area contributed by atoms with Crippen LogP contribution in [0, 0.1) is 11.6 Å². The van der Waals surface area contributed by atoms with Crippen LogP contribution in [0.5, 0.6) is 5.75 Å². The predicted molar refractivity (Wildman–Crippen MR) is 46.3 cm³/mol. The maximum atomic E-state index is 13.1. The van der Waals surface area contributed by atoms with E-state index < -0.39 is 17.4 Å². The van der Waals surface area contributed by atoms with Crippen molar-refractivity contribution in [2.45, 2.75) is 0 Å². The number of carbonyl (C=O) groups excluding carboxylic acids is 1. The Labute approximate surface area is 79.5 Å². The SMILES string of the molecule is COc1cc(F)c(C(=O)CN)cc1F. The van der Waals surface area contributed by atoms with Crippen LogP contribution in [0.15, 0.2) is 12.1 Å². The molecule has 1 rings (SSSR count). The Bertz CT molecular complexity index is 366. The number of nitrogens with two attached hydrogens (primary N) is 1. The molecule has 76 valence electrons. The topological polar surface area (TPSA) is 52.3 Å². The summed E-state index contributed by atoms with van der Waals surface area (Å²) >= 11 is 0. The molecule has 0 fully saturated rings. The summed E-state index contributed by atoms with van der Waals surface area (Å²) in [6, 6.07) is 1.60. The van der Waals surface area contributed by atoms with Crippen molar-refractivity contribution in [2.75, 3.05) is 13.7 Å². The number of hydrogen-bond acceptors (Lipinski definition) is 3. The second kappa shape index (κ2) is 4.15. The fourth-order valence-electron chi connectivity index (χ4n) is 1.01. The lowest BCUT2D eigenvalue weighted by atomic mass is 10.1. The highest BCUT2D eigenvalue weighted by molar-refractivity contribution is 5.97. The zero-order chi connectivity index (χ0) is 10.7. The fourth-order valence-corrected chi connectivity index (χ4v) is 1.01. The van der Waals surface area contributed by atoms with E-state index in [4.69, 9.17) is 5.73 Å². The molecule has 1 aromatic rings. The van der Waals surface area contributed by atoms with Crippen LogP contribution in [0.1, 0.15) is 10.4 Å². The van der Waals surface area contributed by atoms with Gasteiger partial charge in [-0.15, -0.1) is 0 Å². The summed E-state index contributed by atoms with van der Waals surface area (Å²) in [5.74, 6) is -2.51. The number of ether oxygens (including phenoxy) is 1. The molecule has 5 heteroatoms. The van der Waals surface area contributed by atoms with E-state index in [1.807, 2.05) is 0 Å². The third-order valence-electron chi connectivity index (χ3n) is 1.73. The van der Waals surface area contributed by atoms with Crippen molar-refractivity contribution in [1.29, 1.82) is 0 Å². The summed E-state index contributed by atoms with van der Waals surface area (Å²) in [6.07, 6.45) is 0. The van der Waals surface area contributed by atoms with Gasteiger partial charge in [0.15, 0.2) is 17.3 Å². The number of carbonyl (C=O) groups is 1. The first kappa shape index (κ1) is 10.6. The highest BCUT2D eigenvalue weighted by Gasteiger charge is 2.14. The Morgan fingerprint density at radius 2 is 2.07 bits per heavy atom. The molecule has 0 aliphatic heterocycles. The number of halogens is 2. The van der Waals surface area contributed by atoms with Crippen LogP contribution in [0.2, 0.25) is 0 Å². The van der Waals surface area contributed by atoms with Crippen molar-refractivity contribution < 1.29 is 18.3 Å². The minimum Gasteiger partial charge on any atom is -0.494 e. The molecule has 0 aliphatic carbocycles. The van der Waals surface area contributed by atoms with Crippen LogP contribution in [-0.2, 0) is 0 Å². The van der Waals surface area contributed by atoms with E-state index in [0.29, 0.717) is 0 Å². The molecule has 1 aromatic carbocycles. The van der Waals surface area contributed by atoms with Crippen molar-refractivity contribution in [3.63, 3.8) is 0 Å². The van der Waals surface area contributed by atoms with E-state index in [-0.39, 0.29) is 17.9 Å². The molecule has 3 nitrogen and oxygen atoms in total. The molecule has 0 saturated carbocycles. The standard InChI is InChI=1S/C9H9F2NO2/c1-14-9-3-6(10)5(2-7(9)11)8(13)4-12/h2-3H,4,12H2,1H3. The number of methoxy groups -OCH3 is 1. The summed E-state index contributed by atoms with van der Waals surface area (Å²) in [6.45, 7) is -0.358. The van der Waals surface area contributed by atoms with E-state index in [1.165, 1.54) is 7.11 Å². The van der Waals surface area contributed by atoms with Gasteiger partial charge in [0.2, 0.25) is 0 Å². The lowest BCUT2D eigenvalue weighted by molar-refractivity contribution is 0.0997. The van der Waals surface area contributed by atoms with Crippen molar-refractivity contribution in [1.82, 2.24) is 0 Å². The molecule has 0 unspecified atom stereocenters. The Balaban J connectivity index is 3.21. The zero-order valence-corrected chi connectivity index (χ0v) is 7.51. The Hall–Kier alpha value is -1.49. The molecule has 0 aromatic heterocycles. The predicted octanol–water partition coefficient (Wildman–Crippen LogP) is 1.11. The van der Waals surface area contributed by atoms with Gasteiger partial charge in [0.25, 0.3) is 0 Å². The number of rotatable bonds is 3. The highest BCUT2D eigenvalue weighted by atomic mass is 19.1. The molecule has 2 N–H and O–H groups in total. The van der Waals surface area contributed by atoms with E-state index in [2.05, 4.69) is 4.74 Å². The van der Waals surface area contributed by atoms with Gasteiger partial charge in [-0.25, -0.2) is 8.78 Å². The first-order chi connectivity index (χ1) is 6.60. The molecule has 0 heterocycles. The van der Waals surface area contributed by atoms with Crippen LogP contribution < -0.4 is 10.5 Å². The third kappa shape index (κ3) is 1.88. The van der Waals surface area contributed by atoms with E-state index in [9.17, 15) is 13.6 Å². The van der Waals surface area contributed by atoms with Crippen LogP contribution in [-0.4, -0.2) is 19.4 Å². The second-order valence-corrected chi connectivity index (χ2v) is 2.59. The average molecular weight is 201 g/mol. The van der Waals surface area contributed by atoms with Gasteiger partial charge in [-0.3, -0.25) is 4.79 Å². The number of benzene rings is 1. The number of ketones is 1. The third-order valence-corrected chi connectivity index (χ3v) is 1.73. The molecule has 0 radical (unpaired) electrons. The van der Waals surface area contributed by atoms with Crippen molar-refractivity contribution in [2.24, 2.45) is 5.73 Å². The molecule has 14 heavy (non-hydrogen) atoms. The number of hydrogen-bond donors (Lipinski definition) is 1. The van der Waals surface area contributed by atoms with Crippen LogP contribution in [0.4, 0.5) is 8.78 Å². The van der Waals surface area contributed by atoms with Crippen molar-refractivity contribution in [3.8, 4) is 5.75 Å². The average Bonchev–Trinajstić information content (AvgIpc) is 2.19. The molecular weight excluding hydrogens is 192 g/mol. The molecular formula is C9H9F2NO2. The van der Waals surface area contributed by atoms with Gasteiger partial charge < -0.3 is 10.5 Å². The van der Waals surface area contributed by atoms with E-state index in [1.54, 1.807) is 0 Å². The van der Waals surface area contributed by atoms with Crippen molar-refractivity contribution in [3.05, 3.63) is 29.3 Å². The summed E-state index contributed by atoms with van der Waals surface area (Å²) in [5, 5.41) is 0. The van der Waals surface area contributed by atoms with Crippen LogP contribution >= 0.6 is 0 Å². The van der Waals surface area contributed by atoms with Gasteiger partial charge in [-0.1, -0.05) is 0 Å². The van der Waals surface area contributed by atoms with E-state index in [0.717, 1.165) is 12.1 Å². The Morgan fingerprint density at radius 3 is 2.57 bits per heavy atom. The smallest absolute Gasteiger partial charge is 0.179 e. The lowest BCUT2D eigenvalue weighted by Crippen LogP contribution is -2.15. The lowest BCUT2D eigenvalue weighted by Gasteiger charge is -2.05. The Morgan fingerprint density at radius 1 is 1.43 bits per heavy atom. The molecule has 0 spiro atoms. The minimum atomic E-state index is -0.835. The number of Topliss-reactive ketones (excluding diaryl/α,β-unsaturated/α-hetero) is 1. The summed E-state index contributed by atoms with van der Waals surface area (Å²) in [4.78, 5) is 11.0. The summed E-state index contributed by atoms with van der Waals surface area (Å²) in [5.41, 5.74) is 4.67. The normalized spacial score (nSPS) is 10.0. The molecule has 0 amide bonds. The first-order valence-electron chi connectivity index (χ1n) is 3.86. The maximum absolute atomic E-state index is 13.1. The van der Waals surface area contributed by atoms with E-state index >= 15 is 0 Å². The van der Waals surface area contributed by atoms with Crippen LogP contribution in [0.3, 0.4) is 0 Å². The van der Waals surface area contributed by atoms with Gasteiger partial charge in [0.05, 0.1) is 19.2 Å². The van der Waals surface area contributed by atoms with Gasteiger partial charge in [-0.2, -0.15) is 0 Å². The van der Waals surface area contributed by atoms with Gasteiger partial charge >= 0.3 is 0 Å². The van der Waals surface area contributed by atoms with Gasteiger partial charge in [0, 0.05) is 6.07 Å². The van der Waals surface area contributed by atoms with Crippen molar-refractivity contribution >= 4 is 5.78 Å². The fraction of sp³-hybridized carbons (Fsp3) is 0.222. The molecule has 0 bridgehead atoms. The Kier molecular flexibility index (Phi) is 3.14. The second-order valence-electron chi connectivity index (χ2n) is 2.59. The van der Waals surface area contributed by atoms with Gasteiger partial charge in [-0.05, 0) is 6.07 Å². The molecule has 0 atom stereocenters. The van der Waals surface area contributed by atoms with Crippen LogP contribution in [0.25, 0.3) is 0 Å². The zero-order valence-electron chi connectivity index (χ0n) is 7.51. The maximum Gasteiger partial charge on any atom is 0.179 e. The largest absolute Gasteiger partial charge is 0.494 e. The summed E-state index contributed by atoms with van der Waals surface area (Å²) in [7, 11) is 1.21. The molecule has 0 saturated heterocycles. The monoisotopic (exact) mass is 201 g/mol. The quantitative estimate of drug-likeness (QED) is 0.745. The van der Waals surface area contributed by atoms with Gasteiger partial charge in [0.1, 0.15) is 5.82 Å². The highest BCUT2D eigenvalue weighted by Crippen LogP contribution is 2.21. The summed E-state index contributed by atoms with van der Waals surface area (Å²) < 4.78 is 30.7. The first-order valence-corrected chi connectivity index (χ1v) is 3.86.